The van der Waals surface area contributed by atoms with E-state index < -0.39 is 25.7 Å². The second-order valence-electron chi connectivity index (χ2n) is 11.5. The number of hydrogen-bond donors (Lipinski definition) is 1. The van der Waals surface area contributed by atoms with Gasteiger partial charge in [0, 0.05) is 20.0 Å². The van der Waals surface area contributed by atoms with Crippen molar-refractivity contribution < 1.29 is 33.6 Å². The summed E-state index contributed by atoms with van der Waals surface area (Å²) in [5.74, 6) is 0.0892. The highest BCUT2D eigenvalue weighted by Crippen LogP contribution is 2.34. The minimum atomic E-state index is -1.48. The normalized spacial score (nSPS) is 16.4. The molecule has 218 valence electrons. The van der Waals surface area contributed by atoms with E-state index in [2.05, 4.69) is 39.2 Å². The van der Waals surface area contributed by atoms with Gasteiger partial charge < -0.3 is 28.8 Å². The third kappa shape index (κ3) is 12.9. The Morgan fingerprint density at radius 3 is 2.29 bits per heavy atom. The number of methoxy groups -OCH3 is 2. The molecule has 0 unspecified atom stereocenters. The van der Waals surface area contributed by atoms with Crippen LogP contribution in [-0.4, -0.2) is 64.6 Å². The van der Waals surface area contributed by atoms with Crippen molar-refractivity contribution in [3.05, 3.63) is 41.1 Å². The molecule has 7 nitrogen and oxygen atoms in total. The minimum absolute atomic E-state index is 0.0293. The number of hydrogen-bond acceptors (Lipinski definition) is 7. The number of esters is 1. The van der Waals surface area contributed by atoms with Crippen molar-refractivity contribution >= 4 is 14.0 Å². The Morgan fingerprint density at radius 2 is 1.76 bits per heavy atom. The van der Waals surface area contributed by atoms with Crippen molar-refractivity contribution in [1.82, 2.24) is 0 Å². The average molecular weight is 553 g/mol. The Labute approximate surface area is 231 Å². The monoisotopic (exact) mass is 552 g/mol. The first-order valence-corrected chi connectivity index (χ1v) is 17.3. The van der Waals surface area contributed by atoms with Gasteiger partial charge in [0.15, 0.2) is 0 Å². The molecule has 1 N–H and O–H groups in total. The predicted octanol–water partition coefficient (Wildman–Crippen LogP) is 6.29. The fourth-order valence-corrected chi connectivity index (χ4v) is 6.26. The summed E-state index contributed by atoms with van der Waals surface area (Å²) >= 11 is 0. The van der Waals surface area contributed by atoms with Gasteiger partial charge in [-0.1, -0.05) is 69.2 Å². The lowest BCUT2D eigenvalue weighted by atomic mass is 9.79. The Kier molecular flexibility index (Phi) is 15.4. The van der Waals surface area contributed by atoms with Crippen LogP contribution in [0.1, 0.15) is 65.4 Å². The second-order valence-corrected chi connectivity index (χ2v) is 16.5. The Balaban J connectivity index is 3.39. The number of benzene rings is 1. The van der Waals surface area contributed by atoms with Gasteiger partial charge in [-0.3, -0.25) is 4.79 Å². The smallest absolute Gasteiger partial charge is 0.302 e. The van der Waals surface area contributed by atoms with E-state index in [4.69, 9.17) is 23.7 Å². The van der Waals surface area contributed by atoms with Gasteiger partial charge in [0.1, 0.15) is 24.8 Å². The largest absolute Gasteiger partial charge is 0.497 e. The molecule has 4 atom stereocenters. The summed E-state index contributed by atoms with van der Waals surface area (Å²) in [4.78, 5) is 11.7. The Bertz CT molecular complexity index is 834. The van der Waals surface area contributed by atoms with Crippen LogP contribution in [0.3, 0.4) is 0 Å². The van der Waals surface area contributed by atoms with Gasteiger partial charge in [0.25, 0.3) is 0 Å². The van der Waals surface area contributed by atoms with E-state index in [9.17, 15) is 9.90 Å². The van der Waals surface area contributed by atoms with Gasteiger partial charge in [0.2, 0.25) is 0 Å². The van der Waals surface area contributed by atoms with Crippen LogP contribution in [0.4, 0.5) is 0 Å². The molecular weight excluding hydrogens is 500 g/mol. The van der Waals surface area contributed by atoms with Crippen LogP contribution in [0.25, 0.3) is 0 Å². The molecule has 0 aliphatic carbocycles. The molecule has 0 spiro atoms. The molecule has 0 aliphatic rings. The quantitative estimate of drug-likeness (QED) is 0.0934. The van der Waals surface area contributed by atoms with E-state index in [1.165, 1.54) is 19.6 Å². The lowest BCUT2D eigenvalue weighted by Gasteiger charge is -2.41. The van der Waals surface area contributed by atoms with Crippen molar-refractivity contribution in [1.29, 1.82) is 0 Å². The number of rotatable bonds is 19. The van der Waals surface area contributed by atoms with E-state index in [0.717, 1.165) is 37.0 Å². The zero-order valence-corrected chi connectivity index (χ0v) is 26.2. The van der Waals surface area contributed by atoms with E-state index >= 15 is 0 Å². The van der Waals surface area contributed by atoms with Crippen molar-refractivity contribution in [3.8, 4) is 5.75 Å². The van der Waals surface area contributed by atoms with Crippen molar-refractivity contribution in [2.45, 2.75) is 104 Å². The molecule has 1 rings (SSSR count). The molecule has 0 radical (unpaired) electrons. The van der Waals surface area contributed by atoms with Crippen molar-refractivity contribution in [3.63, 3.8) is 0 Å². The highest BCUT2D eigenvalue weighted by molar-refractivity contribution is 6.81. The summed E-state index contributed by atoms with van der Waals surface area (Å²) < 4.78 is 28.4. The summed E-state index contributed by atoms with van der Waals surface area (Å²) in [5, 5.41) is 11.9. The Morgan fingerprint density at radius 1 is 1.11 bits per heavy atom. The number of aliphatic hydroxyl groups is 1. The molecule has 0 aromatic heterocycles. The lowest BCUT2D eigenvalue weighted by Crippen LogP contribution is -2.53. The maximum absolute atomic E-state index is 11.9. The molecule has 0 amide bonds. The lowest BCUT2D eigenvalue weighted by molar-refractivity contribution is -0.213. The molecule has 8 heteroatoms. The zero-order chi connectivity index (χ0) is 28.8. The SMILES string of the molecule is CCCCC[C@H](OCc1ccc(OC)cc1)[C@@H](C/C(C)=C/[Si](C)(C)C)[C@H](O)[C@](C)(COC(C)=O)OCOC. The summed E-state index contributed by atoms with van der Waals surface area (Å²) in [7, 11) is 1.70. The zero-order valence-electron chi connectivity index (χ0n) is 25.2. The third-order valence-corrected chi connectivity index (χ3v) is 7.89. The van der Waals surface area contributed by atoms with Crippen molar-refractivity contribution in [2.24, 2.45) is 5.92 Å². The molecule has 38 heavy (non-hydrogen) atoms. The fraction of sp³-hybridized carbons (Fsp3) is 0.700. The van der Waals surface area contributed by atoms with Gasteiger partial charge in [-0.25, -0.2) is 0 Å². The minimum Gasteiger partial charge on any atom is -0.497 e. The first kappa shape index (κ1) is 34.3. The van der Waals surface area contributed by atoms with Crippen LogP contribution >= 0.6 is 0 Å². The summed E-state index contributed by atoms with van der Waals surface area (Å²) in [5.41, 5.74) is 3.47. The highest BCUT2D eigenvalue weighted by Gasteiger charge is 2.44. The summed E-state index contributed by atoms with van der Waals surface area (Å²) in [6.45, 7) is 14.6. The van der Waals surface area contributed by atoms with Crippen molar-refractivity contribution in [2.75, 3.05) is 27.6 Å². The van der Waals surface area contributed by atoms with Crippen LogP contribution in [0, 0.1) is 5.92 Å². The molecule has 0 fully saturated rings. The fourth-order valence-electron chi connectivity index (χ4n) is 4.66. The van der Waals surface area contributed by atoms with E-state index in [0.29, 0.717) is 13.0 Å². The molecule has 0 heterocycles. The third-order valence-electron chi connectivity index (χ3n) is 6.53. The average Bonchev–Trinajstić information content (AvgIpc) is 2.86. The van der Waals surface area contributed by atoms with Crippen LogP contribution < -0.4 is 4.74 Å². The molecule has 1 aromatic carbocycles. The highest BCUT2D eigenvalue weighted by atomic mass is 28.3. The number of unbranched alkanes of at least 4 members (excludes halogenated alkanes) is 2. The number of carbonyl (C=O) groups excluding carboxylic acids is 1. The van der Waals surface area contributed by atoms with Gasteiger partial charge >= 0.3 is 5.97 Å². The predicted molar refractivity (Wildman–Crippen MR) is 155 cm³/mol. The molecule has 0 saturated heterocycles. The van der Waals surface area contributed by atoms with Crippen LogP contribution in [0.15, 0.2) is 35.5 Å². The second kappa shape index (κ2) is 17.1. The number of allylic oxidation sites excluding steroid dienone is 1. The van der Waals surface area contributed by atoms with E-state index in [1.807, 2.05) is 24.3 Å². The number of aliphatic hydroxyl groups excluding tert-OH is 1. The summed E-state index contributed by atoms with van der Waals surface area (Å²) in [6, 6.07) is 7.84. The van der Waals surface area contributed by atoms with E-state index in [-0.39, 0.29) is 25.4 Å². The van der Waals surface area contributed by atoms with Crippen LogP contribution in [0.5, 0.6) is 5.75 Å². The Hall–Kier alpha value is -1.71. The molecule has 1 aromatic rings. The van der Waals surface area contributed by atoms with Crippen LogP contribution in [0.2, 0.25) is 19.6 Å². The van der Waals surface area contributed by atoms with E-state index in [1.54, 1.807) is 14.0 Å². The van der Waals surface area contributed by atoms with Gasteiger partial charge in [-0.2, -0.15) is 0 Å². The molecular formula is C30H52O7Si. The maximum Gasteiger partial charge on any atom is 0.302 e. The van der Waals surface area contributed by atoms with Crippen LogP contribution in [-0.2, 0) is 30.3 Å². The molecule has 0 aliphatic heterocycles. The van der Waals surface area contributed by atoms with Gasteiger partial charge in [-0.05, 0) is 44.4 Å². The molecule has 0 saturated carbocycles. The summed E-state index contributed by atoms with van der Waals surface area (Å²) in [6.07, 6.45) is 3.42. The first-order chi connectivity index (χ1) is 17.8. The maximum atomic E-state index is 11.9. The first-order valence-electron chi connectivity index (χ1n) is 13.7. The topological polar surface area (TPSA) is 83.5 Å². The number of ether oxygens (including phenoxy) is 5. The standard InChI is InChI=1S/C30H52O7Si/c1-10-11-12-13-28(35-19-25-14-16-26(34-6)17-15-25)27(18-23(2)20-38(7,8)9)29(32)30(4,37-22-33-5)21-36-24(3)31/h14-17,20,27-29,32H,10-13,18-19,21-22H2,1-9H3/b23-20+/t27-,28+,29+,30+/m1/s1. The van der Waals surface area contributed by atoms with Gasteiger partial charge in [0.05, 0.1) is 34.0 Å². The van der Waals surface area contributed by atoms with Gasteiger partial charge in [-0.15, -0.1) is 0 Å². The number of carbonyl (C=O) groups is 1. The molecule has 0 bridgehead atoms.